The molecule has 156 valence electrons. The van der Waals surface area contributed by atoms with Gasteiger partial charge in [-0.2, -0.15) is 13.2 Å². The Morgan fingerprint density at radius 1 is 1.07 bits per heavy atom. The molecule has 0 spiro atoms. The van der Waals surface area contributed by atoms with Gasteiger partial charge in [0, 0.05) is 6.42 Å². The lowest BCUT2D eigenvalue weighted by Gasteiger charge is -2.18. The van der Waals surface area contributed by atoms with Crippen LogP contribution in [0, 0.1) is 17.3 Å². The molecule has 0 aliphatic carbocycles. The zero-order valence-electron chi connectivity index (χ0n) is 16.1. The minimum absolute atomic E-state index is 0.105. The number of sulfonamides is 1. The smallest absolute Gasteiger partial charge is 0.207 e. The zero-order chi connectivity index (χ0) is 21.9. The van der Waals surface area contributed by atoms with Gasteiger partial charge in [-0.25, -0.2) is 17.5 Å². The lowest BCUT2D eigenvalue weighted by atomic mass is 10.1. The Hall–Kier alpha value is -2.15. The lowest BCUT2D eigenvalue weighted by Crippen LogP contribution is -2.29. The van der Waals surface area contributed by atoms with Crippen molar-refractivity contribution in [2.45, 2.75) is 43.2 Å². The van der Waals surface area contributed by atoms with Crippen LogP contribution in [-0.2, 0) is 16.2 Å². The molecule has 0 radical (unpaired) electrons. The summed E-state index contributed by atoms with van der Waals surface area (Å²) in [5, 5.41) is 0. The van der Waals surface area contributed by atoms with Gasteiger partial charge in [-0.05, 0) is 35.9 Å². The van der Waals surface area contributed by atoms with Crippen molar-refractivity contribution in [3.63, 3.8) is 0 Å². The molecule has 0 aliphatic rings. The number of nitrogens with one attached hydrogen (secondary N) is 1. The summed E-state index contributed by atoms with van der Waals surface area (Å²) in [7, 11) is -5.97. The van der Waals surface area contributed by atoms with E-state index in [0.29, 0.717) is 11.6 Å². The van der Waals surface area contributed by atoms with Crippen molar-refractivity contribution < 1.29 is 26.0 Å². The monoisotopic (exact) mass is 443 g/mol. The summed E-state index contributed by atoms with van der Waals surface area (Å²) in [5.74, 6) is 2.47. The predicted octanol–water partition coefficient (Wildman–Crippen LogP) is 5.14. The summed E-state index contributed by atoms with van der Waals surface area (Å²) >= 11 is 0. The average molecular weight is 444 g/mol. The second-order valence-electron chi connectivity index (χ2n) is 7.51. The van der Waals surface area contributed by atoms with Gasteiger partial charge in [0.2, 0.25) is 10.0 Å². The van der Waals surface area contributed by atoms with Gasteiger partial charge < -0.3 is 0 Å². The highest BCUT2D eigenvalue weighted by molar-refractivity contribution is 7.89. The van der Waals surface area contributed by atoms with E-state index in [1.54, 1.807) is 0 Å². The zero-order valence-corrected chi connectivity index (χ0v) is 18.0. The van der Waals surface area contributed by atoms with Crippen molar-refractivity contribution in [3.8, 4) is 11.5 Å². The highest BCUT2D eigenvalue weighted by Gasteiger charge is 2.32. The summed E-state index contributed by atoms with van der Waals surface area (Å²) < 4.78 is 79.9. The van der Waals surface area contributed by atoms with Crippen LogP contribution >= 0.6 is 0 Å². The van der Waals surface area contributed by atoms with Gasteiger partial charge in [0.25, 0.3) is 0 Å². The van der Waals surface area contributed by atoms with Crippen molar-refractivity contribution in [1.29, 1.82) is 0 Å². The van der Waals surface area contributed by atoms with Crippen molar-refractivity contribution in [2.75, 3.05) is 0 Å². The maximum absolute atomic E-state index is 13.2. The molecule has 2 rings (SSSR count). The third kappa shape index (κ3) is 6.99. The molecule has 2 aromatic carbocycles. The molecule has 0 heterocycles. The first-order chi connectivity index (χ1) is 13.3. The fourth-order valence-electron chi connectivity index (χ4n) is 2.44. The van der Waals surface area contributed by atoms with Gasteiger partial charge in [-0.15, -0.1) is 11.5 Å². The first-order valence-electron chi connectivity index (χ1n) is 8.73. The molecule has 0 saturated carbocycles. The fraction of sp³-hybridized carbons (Fsp3) is 0.300. The molecule has 0 saturated heterocycles. The van der Waals surface area contributed by atoms with Gasteiger partial charge in [0.05, 0.1) is 16.5 Å². The Balaban J connectivity index is 2.38. The lowest BCUT2D eigenvalue weighted by molar-refractivity contribution is -0.137. The molecule has 9 heteroatoms. The minimum atomic E-state index is -4.66. The van der Waals surface area contributed by atoms with Gasteiger partial charge in [0.15, 0.2) is 0 Å². The molecular formula is C20H21F4NO2SSi. The van der Waals surface area contributed by atoms with Crippen LogP contribution in [0.15, 0.2) is 53.4 Å². The normalized spacial score (nSPS) is 13.5. The first kappa shape index (κ1) is 23.1. The molecule has 1 atom stereocenters. The summed E-state index contributed by atoms with van der Waals surface area (Å²) in [6, 6.07) is 7.89. The molecule has 2 aromatic rings. The van der Waals surface area contributed by atoms with Crippen molar-refractivity contribution in [1.82, 2.24) is 4.72 Å². The summed E-state index contributed by atoms with van der Waals surface area (Å²) in [6.07, 6.45) is -4.56. The van der Waals surface area contributed by atoms with Crippen molar-refractivity contribution >= 4 is 18.1 Å². The predicted molar refractivity (Wildman–Crippen MR) is 107 cm³/mol. The molecule has 29 heavy (non-hydrogen) atoms. The highest BCUT2D eigenvalue weighted by atomic mass is 32.2. The van der Waals surface area contributed by atoms with E-state index in [1.807, 2.05) is 19.6 Å². The van der Waals surface area contributed by atoms with Crippen LogP contribution in [0.4, 0.5) is 17.6 Å². The quantitative estimate of drug-likeness (QED) is 0.395. The maximum atomic E-state index is 13.2. The largest absolute Gasteiger partial charge is 0.416 e. The van der Waals surface area contributed by atoms with E-state index in [-0.39, 0.29) is 6.42 Å². The van der Waals surface area contributed by atoms with E-state index in [1.165, 1.54) is 24.3 Å². The van der Waals surface area contributed by atoms with Crippen LogP contribution < -0.4 is 4.72 Å². The topological polar surface area (TPSA) is 46.2 Å². The Kier molecular flexibility index (Phi) is 6.93. The van der Waals surface area contributed by atoms with E-state index < -0.39 is 46.6 Å². The average Bonchev–Trinajstić information content (AvgIpc) is 2.60. The van der Waals surface area contributed by atoms with E-state index in [0.717, 1.165) is 18.2 Å². The number of hydrogen-bond donors (Lipinski definition) is 1. The molecule has 0 fully saturated rings. The number of alkyl halides is 3. The van der Waals surface area contributed by atoms with Crippen LogP contribution in [0.3, 0.4) is 0 Å². The molecular weight excluding hydrogens is 422 g/mol. The van der Waals surface area contributed by atoms with Gasteiger partial charge in [-0.1, -0.05) is 37.8 Å². The number of benzene rings is 2. The maximum Gasteiger partial charge on any atom is 0.416 e. The van der Waals surface area contributed by atoms with Crippen LogP contribution in [0.5, 0.6) is 0 Å². The summed E-state index contributed by atoms with van der Waals surface area (Å²) in [4.78, 5) is -0.502. The number of rotatable bonds is 5. The molecule has 0 aliphatic heterocycles. The van der Waals surface area contributed by atoms with Gasteiger partial charge in [-0.3, -0.25) is 0 Å². The third-order valence-electron chi connectivity index (χ3n) is 3.81. The number of halogens is 4. The Bertz CT molecular complexity index is 1020. The second kappa shape index (κ2) is 8.69. The molecule has 0 amide bonds. The summed E-state index contributed by atoms with van der Waals surface area (Å²) in [6.45, 7) is 6.08. The van der Waals surface area contributed by atoms with Gasteiger partial charge in [0.1, 0.15) is 13.9 Å². The van der Waals surface area contributed by atoms with Crippen molar-refractivity contribution in [2.24, 2.45) is 0 Å². The molecule has 0 aromatic heterocycles. The van der Waals surface area contributed by atoms with Crippen LogP contribution in [0.25, 0.3) is 0 Å². The molecule has 0 unspecified atom stereocenters. The van der Waals surface area contributed by atoms with Gasteiger partial charge >= 0.3 is 6.18 Å². The molecule has 0 bridgehead atoms. The summed E-state index contributed by atoms with van der Waals surface area (Å²) in [5.41, 5.74) is 2.53. The SMILES string of the molecule is C[Si](C)(C)C#CC[C@@H](NS(=O)(=O)c1cccc(C(F)(F)F)c1)c1ccc(F)cc1. The Morgan fingerprint density at radius 2 is 1.69 bits per heavy atom. The van der Waals surface area contributed by atoms with Crippen LogP contribution in [-0.4, -0.2) is 16.5 Å². The fourth-order valence-corrected chi connectivity index (χ4v) is 4.34. The van der Waals surface area contributed by atoms with Crippen LogP contribution in [0.1, 0.15) is 23.6 Å². The third-order valence-corrected chi connectivity index (χ3v) is 6.21. The van der Waals surface area contributed by atoms with E-state index in [2.05, 4.69) is 16.2 Å². The number of hydrogen-bond acceptors (Lipinski definition) is 2. The van der Waals surface area contributed by atoms with Crippen LogP contribution in [0.2, 0.25) is 19.6 Å². The molecule has 1 N–H and O–H groups in total. The molecule has 3 nitrogen and oxygen atoms in total. The van der Waals surface area contributed by atoms with E-state index >= 15 is 0 Å². The Labute approximate surface area is 169 Å². The Morgan fingerprint density at radius 3 is 2.24 bits per heavy atom. The van der Waals surface area contributed by atoms with Crippen molar-refractivity contribution in [3.05, 3.63) is 65.5 Å². The standard InChI is InChI=1S/C20H21F4NO2SSi/c1-29(2,3)13-5-8-19(15-9-11-17(21)12-10-15)25-28(26,27)18-7-4-6-16(14-18)20(22,23)24/h4,6-7,9-12,14,19,25H,8H2,1-3H3/t19-/m1/s1. The second-order valence-corrected chi connectivity index (χ2v) is 14.0. The highest BCUT2D eigenvalue weighted by Crippen LogP contribution is 2.31. The van der Waals surface area contributed by atoms with E-state index in [4.69, 9.17) is 0 Å². The van der Waals surface area contributed by atoms with E-state index in [9.17, 15) is 26.0 Å². The minimum Gasteiger partial charge on any atom is -0.207 e. The first-order valence-corrected chi connectivity index (χ1v) is 13.7.